The second-order valence-corrected chi connectivity index (χ2v) is 25.4. The number of hydrogen-bond donors (Lipinski definition) is 0. The molecule has 0 radical (unpaired) electrons. The average Bonchev–Trinajstić information content (AvgIpc) is 1.47. The van der Waals surface area contributed by atoms with E-state index in [1.165, 1.54) is 20.7 Å². The zero-order valence-electron chi connectivity index (χ0n) is 56.4. The summed E-state index contributed by atoms with van der Waals surface area (Å²) in [6.07, 6.45) is 2.39. The third kappa shape index (κ3) is 9.46. The average molecular weight is 1290 g/mol. The quantitative estimate of drug-likeness (QED) is 0.0693. The second kappa shape index (κ2) is 22.4. The number of fused-ring (bicyclic) bond motifs is 4. The van der Waals surface area contributed by atoms with Gasteiger partial charge in [-0.15, -0.1) is 41.5 Å². The van der Waals surface area contributed by atoms with E-state index < -0.39 is 68.5 Å². The van der Waals surface area contributed by atoms with E-state index in [-0.39, 0.29) is 54.4 Å². The molecule has 0 amide bonds. The van der Waals surface area contributed by atoms with Crippen LogP contribution in [0.2, 0.25) is 0 Å². The van der Waals surface area contributed by atoms with Gasteiger partial charge < -0.3 is 19.1 Å². The Bertz CT molecular complexity index is 4880. The van der Waals surface area contributed by atoms with E-state index in [4.69, 9.17) is 17.9 Å². The standard InChI is InChI=1S/C77H59N4OSi.Pt/c1-54-79(71-45-22-23-46-72(71)80(54)76-65(55-27-10-5-11-28-55)42-26-43-66(76)56-29-12-6-13-30-56)59-32-25-33-60(51-59)82-74-53-73-69(67-41-20-21-44-70(67)81(73)75-50-58(47-48-78-75)77(2,3)4)52-68(74)57-31-24-40-64(49-57)83(61-34-14-7-15-35-61,62-36-16-8-17-37-62)63-38-18-9-19-39-63;/h5-50,52H,1-4H3;/q-3;/i5D,6D,10D,11D,12D,13D,27D,28D,29D,30D;. The first-order chi connectivity index (χ1) is 44.9. The van der Waals surface area contributed by atoms with E-state index in [9.17, 15) is 5.48 Å². The maximum atomic E-state index is 9.26. The fraction of sp³-hybridized carbons (Fsp3) is 0.0649. The minimum absolute atomic E-state index is 0. The molecule has 0 aliphatic carbocycles. The molecule has 410 valence electrons. The van der Waals surface area contributed by atoms with Crippen molar-refractivity contribution in [3.05, 3.63) is 309 Å². The Morgan fingerprint density at radius 2 is 1.05 bits per heavy atom. The van der Waals surface area contributed by atoms with Crippen molar-refractivity contribution in [1.29, 1.82) is 0 Å². The third-order valence-corrected chi connectivity index (χ3v) is 20.5. The van der Waals surface area contributed by atoms with Gasteiger partial charge in [0.05, 0.1) is 13.7 Å². The summed E-state index contributed by atoms with van der Waals surface area (Å²) in [7, 11) is -3.04. The van der Waals surface area contributed by atoms with Gasteiger partial charge in [0.15, 0.2) is 8.07 Å². The monoisotopic (exact) mass is 1290 g/mol. The molecule has 0 saturated heterocycles. The van der Waals surface area contributed by atoms with Crippen LogP contribution >= 0.6 is 0 Å². The van der Waals surface area contributed by atoms with Gasteiger partial charge in [-0.2, -0.15) is 19.1 Å². The molecular formula is C77H59N4OPtSi-3. The van der Waals surface area contributed by atoms with Crippen molar-refractivity contribution in [1.82, 2.24) is 9.55 Å². The SMILES string of the molecule is [2H]c1c([2H])c([2H])c(-c2cccc(-c3c([2H])c([2H])c([2H])c([2H])c3[2H])c2N2c3ccccc3N(c3[c-]c(Oc4[c-]c5c(cc4-c4cccc([Si](c6ccccc6)(c6ccccc6)c6ccccc6)c4)c4ccccc4n5-c4cc(C(C)(C)C)ccn4)ccc3)[C-]2C)c([2H])c1[2H].[Pt]. The zero-order valence-corrected chi connectivity index (χ0v) is 49.6. The van der Waals surface area contributed by atoms with E-state index in [0.29, 0.717) is 34.7 Å². The third-order valence-electron chi connectivity index (χ3n) is 15.8. The molecule has 1 aliphatic rings. The molecule has 0 N–H and O–H groups in total. The smallest absolute Gasteiger partial charge is 0.179 e. The maximum Gasteiger partial charge on any atom is 0.179 e. The van der Waals surface area contributed by atoms with Gasteiger partial charge in [0.2, 0.25) is 0 Å². The molecule has 0 fully saturated rings. The number of ether oxygens (including phenoxy) is 1. The van der Waals surface area contributed by atoms with Crippen molar-refractivity contribution >= 4 is 73.4 Å². The van der Waals surface area contributed by atoms with Crippen LogP contribution in [0.3, 0.4) is 0 Å². The van der Waals surface area contributed by atoms with Crippen LogP contribution in [0.4, 0.5) is 22.7 Å². The van der Waals surface area contributed by atoms with Gasteiger partial charge in [-0.05, 0) is 78.6 Å². The van der Waals surface area contributed by atoms with Crippen LogP contribution in [-0.4, -0.2) is 17.6 Å². The van der Waals surface area contributed by atoms with Crippen molar-refractivity contribution in [3.63, 3.8) is 0 Å². The Morgan fingerprint density at radius 1 is 0.500 bits per heavy atom. The fourth-order valence-electron chi connectivity index (χ4n) is 12.0. The summed E-state index contributed by atoms with van der Waals surface area (Å²) >= 11 is 0. The van der Waals surface area contributed by atoms with Gasteiger partial charge >= 0.3 is 0 Å². The van der Waals surface area contributed by atoms with Crippen molar-refractivity contribution in [2.24, 2.45) is 0 Å². The maximum absolute atomic E-state index is 9.26. The minimum Gasteiger partial charge on any atom is -0.509 e. The van der Waals surface area contributed by atoms with Crippen molar-refractivity contribution < 1.29 is 39.5 Å². The van der Waals surface area contributed by atoms with Gasteiger partial charge in [-0.3, -0.25) is 0 Å². The van der Waals surface area contributed by atoms with Crippen molar-refractivity contribution in [3.8, 4) is 50.7 Å². The van der Waals surface area contributed by atoms with E-state index in [1.54, 1.807) is 18.2 Å². The van der Waals surface area contributed by atoms with Gasteiger partial charge in [0, 0.05) is 72.5 Å². The summed E-state index contributed by atoms with van der Waals surface area (Å²) in [6, 6.07) is 76.4. The van der Waals surface area contributed by atoms with Crippen molar-refractivity contribution in [2.45, 2.75) is 33.1 Å². The summed E-state index contributed by atoms with van der Waals surface area (Å²) in [4.78, 5) is 8.83. The zero-order chi connectivity index (χ0) is 64.8. The largest absolute Gasteiger partial charge is 0.509 e. The van der Waals surface area contributed by atoms with Crippen LogP contribution in [0.1, 0.15) is 47.0 Å². The number of benzene rings is 11. The Balaban J connectivity index is 0.00000803. The molecule has 0 bridgehead atoms. The molecule has 3 heterocycles. The molecule has 5 nitrogen and oxygen atoms in total. The number of anilines is 4. The Labute approximate surface area is 522 Å². The number of hydrogen-bond acceptors (Lipinski definition) is 4. The molecule has 14 rings (SSSR count). The molecule has 2 aromatic heterocycles. The van der Waals surface area contributed by atoms with Crippen LogP contribution in [0.25, 0.3) is 61.0 Å². The molecule has 7 heteroatoms. The molecule has 84 heavy (non-hydrogen) atoms. The van der Waals surface area contributed by atoms with Gasteiger partial charge in [-0.25, -0.2) is 4.98 Å². The first-order valence-electron chi connectivity index (χ1n) is 32.6. The fourth-order valence-corrected chi connectivity index (χ4v) is 16.8. The number of pyridine rings is 1. The van der Waals surface area contributed by atoms with Crippen LogP contribution in [0.15, 0.2) is 285 Å². The first-order valence-corrected chi connectivity index (χ1v) is 29.6. The number of aromatic nitrogens is 2. The molecule has 11 aromatic carbocycles. The Hall–Kier alpha value is -9.32. The van der Waals surface area contributed by atoms with Crippen LogP contribution in [0.5, 0.6) is 11.5 Å². The van der Waals surface area contributed by atoms with E-state index in [2.05, 4.69) is 189 Å². The first kappa shape index (κ1) is 43.4. The van der Waals surface area contributed by atoms with Crippen LogP contribution < -0.4 is 35.3 Å². The normalized spacial score (nSPS) is 14.2. The topological polar surface area (TPSA) is 33.5 Å². The summed E-state index contributed by atoms with van der Waals surface area (Å²) < 4.78 is 98.7. The van der Waals surface area contributed by atoms with Crippen LogP contribution in [0, 0.1) is 18.3 Å². The summed E-state index contributed by atoms with van der Waals surface area (Å²) in [5, 5.41) is 6.82. The van der Waals surface area contributed by atoms with Crippen LogP contribution in [-0.2, 0) is 26.5 Å². The summed E-state index contributed by atoms with van der Waals surface area (Å²) in [6.45, 7) is 8.43. The predicted molar refractivity (Wildman–Crippen MR) is 347 cm³/mol. The summed E-state index contributed by atoms with van der Waals surface area (Å²) in [5.74, 6) is 1.51. The van der Waals surface area contributed by atoms with Gasteiger partial charge in [-0.1, -0.05) is 262 Å². The van der Waals surface area contributed by atoms with Crippen molar-refractivity contribution in [2.75, 3.05) is 9.80 Å². The predicted octanol–water partition coefficient (Wildman–Crippen LogP) is 17.0. The Kier molecular flexibility index (Phi) is 11.6. The van der Waals surface area contributed by atoms with Gasteiger partial charge in [0.1, 0.15) is 5.82 Å². The van der Waals surface area contributed by atoms with E-state index >= 15 is 0 Å². The second-order valence-electron chi connectivity index (χ2n) is 21.6. The minimum atomic E-state index is -3.04. The van der Waals surface area contributed by atoms with E-state index in [1.807, 2.05) is 71.5 Å². The molecule has 1 aliphatic heterocycles. The molecule has 0 spiro atoms. The molecule has 0 saturated carbocycles. The van der Waals surface area contributed by atoms with Gasteiger partial charge in [0.25, 0.3) is 0 Å². The van der Waals surface area contributed by atoms with E-state index in [0.717, 1.165) is 44.3 Å². The molecule has 0 unspecified atom stereocenters. The molecule has 13 aromatic rings. The number of nitrogens with zero attached hydrogens (tertiary/aromatic N) is 4. The number of para-hydroxylation sites is 4. The Morgan fingerprint density at radius 3 is 1.67 bits per heavy atom. The molecular weight excluding hydrogens is 1220 g/mol. The summed E-state index contributed by atoms with van der Waals surface area (Å²) in [5.41, 5.74) is 6.43. The molecule has 0 atom stereocenters. The number of rotatable bonds is 12.